The van der Waals surface area contributed by atoms with Crippen molar-refractivity contribution < 1.29 is 13.9 Å². The summed E-state index contributed by atoms with van der Waals surface area (Å²) in [6, 6.07) is 6.18. The van der Waals surface area contributed by atoms with Crippen molar-refractivity contribution in [2.75, 3.05) is 19.7 Å². The van der Waals surface area contributed by atoms with Crippen LogP contribution in [0.25, 0.3) is 0 Å². The predicted octanol–water partition coefficient (Wildman–Crippen LogP) is 1.85. The normalized spacial score (nSPS) is 22.4. The van der Waals surface area contributed by atoms with Crippen molar-refractivity contribution in [2.45, 2.75) is 31.9 Å². The van der Waals surface area contributed by atoms with Crippen LogP contribution in [0.4, 0.5) is 4.39 Å². The van der Waals surface area contributed by atoms with Crippen LogP contribution in [0.2, 0.25) is 0 Å². The Labute approximate surface area is 118 Å². The lowest BCUT2D eigenvalue weighted by Crippen LogP contribution is -2.55. The number of nitrogens with zero attached hydrogens (tertiary/aromatic N) is 1. The van der Waals surface area contributed by atoms with Crippen molar-refractivity contribution in [3.63, 3.8) is 0 Å². The first kappa shape index (κ1) is 14.9. The second kappa shape index (κ2) is 5.89. The number of ether oxygens (including phenoxy) is 1. The van der Waals surface area contributed by atoms with Crippen molar-refractivity contribution in [2.24, 2.45) is 5.73 Å². The third-order valence-electron chi connectivity index (χ3n) is 3.82. The summed E-state index contributed by atoms with van der Waals surface area (Å²) in [5.74, 6) is -0.339. The second-order valence-corrected chi connectivity index (χ2v) is 5.43. The maximum Gasteiger partial charge on any atom is 0.242 e. The van der Waals surface area contributed by atoms with E-state index in [1.807, 2.05) is 6.92 Å². The molecule has 1 heterocycles. The van der Waals surface area contributed by atoms with E-state index >= 15 is 0 Å². The Kier molecular flexibility index (Phi) is 4.40. The average molecular weight is 280 g/mol. The van der Waals surface area contributed by atoms with Gasteiger partial charge in [0.1, 0.15) is 11.9 Å². The van der Waals surface area contributed by atoms with E-state index in [9.17, 15) is 9.18 Å². The number of hydrogen-bond donors (Lipinski definition) is 1. The van der Waals surface area contributed by atoms with Crippen LogP contribution in [-0.2, 0) is 9.53 Å². The number of rotatable bonds is 3. The molecule has 2 atom stereocenters. The third-order valence-corrected chi connectivity index (χ3v) is 3.82. The Bertz CT molecular complexity index is 473. The van der Waals surface area contributed by atoms with E-state index < -0.39 is 5.54 Å². The summed E-state index contributed by atoms with van der Waals surface area (Å²) in [6.07, 6.45) is 0.366. The first-order valence-corrected chi connectivity index (χ1v) is 6.89. The summed E-state index contributed by atoms with van der Waals surface area (Å²) in [5.41, 5.74) is 6.04. The van der Waals surface area contributed by atoms with Crippen molar-refractivity contribution in [3.8, 4) is 0 Å². The molecule has 1 aromatic rings. The molecule has 2 rings (SSSR count). The van der Waals surface area contributed by atoms with Crippen LogP contribution < -0.4 is 5.73 Å². The van der Waals surface area contributed by atoms with Crippen molar-refractivity contribution in [3.05, 3.63) is 35.6 Å². The molecule has 1 amide bonds. The van der Waals surface area contributed by atoms with Crippen LogP contribution in [0, 0.1) is 5.82 Å². The standard InChI is InChI=1S/C15H21FN2O2/c1-3-15(2,17)14(19)18-8-9-20-13(10-18)11-4-6-12(16)7-5-11/h4-7,13H,3,8-10,17H2,1-2H3. The number of carbonyl (C=O) groups excluding carboxylic acids is 1. The Balaban J connectivity index is 2.09. The van der Waals surface area contributed by atoms with Gasteiger partial charge < -0.3 is 15.4 Å². The van der Waals surface area contributed by atoms with E-state index in [1.165, 1.54) is 12.1 Å². The zero-order valence-electron chi connectivity index (χ0n) is 11.9. The zero-order valence-corrected chi connectivity index (χ0v) is 11.9. The first-order valence-electron chi connectivity index (χ1n) is 6.89. The number of halogens is 1. The molecule has 0 bridgehead atoms. The number of benzene rings is 1. The number of morpholine rings is 1. The summed E-state index contributed by atoms with van der Waals surface area (Å²) in [4.78, 5) is 14.1. The van der Waals surface area contributed by atoms with Crippen molar-refractivity contribution in [1.29, 1.82) is 0 Å². The minimum atomic E-state index is -0.843. The smallest absolute Gasteiger partial charge is 0.242 e. The molecule has 110 valence electrons. The van der Waals surface area contributed by atoms with Gasteiger partial charge in [-0.1, -0.05) is 19.1 Å². The summed E-state index contributed by atoms with van der Waals surface area (Å²) in [7, 11) is 0. The Morgan fingerprint density at radius 3 is 2.75 bits per heavy atom. The fourth-order valence-corrected chi connectivity index (χ4v) is 2.23. The molecule has 0 aliphatic carbocycles. The zero-order chi connectivity index (χ0) is 14.8. The largest absolute Gasteiger partial charge is 0.370 e. The second-order valence-electron chi connectivity index (χ2n) is 5.43. The van der Waals surface area contributed by atoms with Gasteiger partial charge >= 0.3 is 0 Å². The monoisotopic (exact) mass is 280 g/mol. The van der Waals surface area contributed by atoms with Crippen molar-refractivity contribution >= 4 is 5.91 Å². The summed E-state index contributed by atoms with van der Waals surface area (Å²) >= 11 is 0. The molecule has 4 nitrogen and oxygen atoms in total. The van der Waals surface area contributed by atoms with Gasteiger partial charge in [-0.15, -0.1) is 0 Å². The molecule has 1 aliphatic heterocycles. The van der Waals surface area contributed by atoms with Crippen LogP contribution in [0.3, 0.4) is 0 Å². The third kappa shape index (κ3) is 3.16. The highest BCUT2D eigenvalue weighted by atomic mass is 19.1. The Morgan fingerprint density at radius 1 is 1.50 bits per heavy atom. The number of amides is 1. The minimum absolute atomic E-state index is 0.0598. The number of carbonyl (C=O) groups is 1. The average Bonchev–Trinajstić information content (AvgIpc) is 2.47. The molecular formula is C15H21FN2O2. The lowest BCUT2D eigenvalue weighted by molar-refractivity contribution is -0.144. The van der Waals surface area contributed by atoms with Gasteiger partial charge in [0.25, 0.3) is 0 Å². The topological polar surface area (TPSA) is 55.6 Å². The highest BCUT2D eigenvalue weighted by Crippen LogP contribution is 2.24. The SMILES string of the molecule is CCC(C)(N)C(=O)N1CCOC(c2ccc(F)cc2)C1. The molecule has 20 heavy (non-hydrogen) atoms. The minimum Gasteiger partial charge on any atom is -0.370 e. The maximum absolute atomic E-state index is 12.9. The molecule has 5 heteroatoms. The number of nitrogens with two attached hydrogens (primary N) is 1. The lowest BCUT2D eigenvalue weighted by Gasteiger charge is -2.37. The quantitative estimate of drug-likeness (QED) is 0.919. The fraction of sp³-hybridized carbons (Fsp3) is 0.533. The van der Waals surface area contributed by atoms with Gasteiger partial charge in [-0.05, 0) is 31.0 Å². The van der Waals surface area contributed by atoms with Gasteiger partial charge in [-0.3, -0.25) is 4.79 Å². The molecular weight excluding hydrogens is 259 g/mol. The van der Waals surface area contributed by atoms with Gasteiger partial charge in [0.05, 0.1) is 18.7 Å². The van der Waals surface area contributed by atoms with Gasteiger partial charge in [-0.25, -0.2) is 4.39 Å². The Morgan fingerprint density at radius 2 is 2.15 bits per heavy atom. The molecule has 2 unspecified atom stereocenters. The summed E-state index contributed by atoms with van der Waals surface area (Å²) in [6.45, 7) is 5.11. The van der Waals surface area contributed by atoms with Crippen LogP contribution in [0.15, 0.2) is 24.3 Å². The highest BCUT2D eigenvalue weighted by Gasteiger charge is 2.34. The van der Waals surface area contributed by atoms with Crippen LogP contribution in [0.1, 0.15) is 31.9 Å². The highest BCUT2D eigenvalue weighted by molar-refractivity contribution is 5.85. The van der Waals surface area contributed by atoms with Gasteiger partial charge in [-0.2, -0.15) is 0 Å². The van der Waals surface area contributed by atoms with Crippen LogP contribution in [-0.4, -0.2) is 36.0 Å². The molecule has 0 spiro atoms. The molecule has 1 fully saturated rings. The molecule has 1 aromatic carbocycles. The van der Waals surface area contributed by atoms with E-state index in [4.69, 9.17) is 10.5 Å². The van der Waals surface area contributed by atoms with Crippen LogP contribution in [0.5, 0.6) is 0 Å². The molecule has 0 radical (unpaired) electrons. The van der Waals surface area contributed by atoms with Gasteiger partial charge in [0.2, 0.25) is 5.91 Å². The molecule has 1 aliphatic rings. The van der Waals surface area contributed by atoms with Gasteiger partial charge in [0.15, 0.2) is 0 Å². The van der Waals surface area contributed by atoms with E-state index in [2.05, 4.69) is 0 Å². The van der Waals surface area contributed by atoms with E-state index in [0.29, 0.717) is 26.1 Å². The molecule has 0 aromatic heterocycles. The Hall–Kier alpha value is -1.46. The van der Waals surface area contributed by atoms with E-state index in [-0.39, 0.29) is 17.8 Å². The number of hydrogen-bond acceptors (Lipinski definition) is 3. The summed E-state index contributed by atoms with van der Waals surface area (Å²) < 4.78 is 18.6. The molecule has 0 saturated carbocycles. The fourth-order valence-electron chi connectivity index (χ4n) is 2.23. The lowest BCUT2D eigenvalue weighted by atomic mass is 9.97. The van der Waals surface area contributed by atoms with E-state index in [1.54, 1.807) is 24.0 Å². The van der Waals surface area contributed by atoms with Crippen molar-refractivity contribution in [1.82, 2.24) is 4.90 Å². The predicted molar refractivity (Wildman–Crippen MR) is 74.6 cm³/mol. The first-order chi connectivity index (χ1) is 9.44. The molecule has 2 N–H and O–H groups in total. The summed E-state index contributed by atoms with van der Waals surface area (Å²) in [5, 5.41) is 0. The maximum atomic E-state index is 12.9. The van der Waals surface area contributed by atoms with Crippen LogP contribution >= 0.6 is 0 Å². The van der Waals surface area contributed by atoms with Gasteiger partial charge in [0, 0.05) is 6.54 Å². The molecule has 1 saturated heterocycles. The van der Waals surface area contributed by atoms with E-state index in [0.717, 1.165) is 5.56 Å².